The highest BCUT2D eigenvalue weighted by molar-refractivity contribution is 5.97. The fourth-order valence-electron chi connectivity index (χ4n) is 2.60. The molecule has 0 saturated carbocycles. The Morgan fingerprint density at radius 1 is 1.20 bits per heavy atom. The molecule has 0 atom stereocenters. The third kappa shape index (κ3) is 3.88. The molecule has 5 nitrogen and oxygen atoms in total. The van der Waals surface area contributed by atoms with Crippen LogP contribution < -0.4 is 10.1 Å². The number of benzene rings is 2. The molecular weight excluding hydrogens is 316 g/mol. The first-order valence-corrected chi connectivity index (χ1v) is 8.18. The van der Waals surface area contributed by atoms with E-state index in [0.29, 0.717) is 18.9 Å². The Morgan fingerprint density at radius 2 is 2.04 bits per heavy atom. The lowest BCUT2D eigenvalue weighted by molar-refractivity contribution is 0.0946. The van der Waals surface area contributed by atoms with Gasteiger partial charge < -0.3 is 14.5 Å². The summed E-state index contributed by atoms with van der Waals surface area (Å²) >= 11 is 0. The van der Waals surface area contributed by atoms with Crippen LogP contribution in [0.2, 0.25) is 0 Å². The quantitative estimate of drug-likeness (QED) is 0.739. The highest BCUT2D eigenvalue weighted by Gasteiger charge is 2.18. The van der Waals surface area contributed by atoms with E-state index in [1.165, 1.54) is 6.39 Å². The van der Waals surface area contributed by atoms with Crippen LogP contribution in [0.1, 0.15) is 28.5 Å². The molecule has 2 aromatic carbocycles. The molecule has 1 amide bonds. The van der Waals surface area contributed by atoms with Crippen molar-refractivity contribution in [3.05, 3.63) is 71.7 Å². The van der Waals surface area contributed by atoms with Gasteiger partial charge in [-0.2, -0.15) is 0 Å². The molecule has 25 heavy (non-hydrogen) atoms. The van der Waals surface area contributed by atoms with Gasteiger partial charge in [0, 0.05) is 17.7 Å². The van der Waals surface area contributed by atoms with Gasteiger partial charge in [-0.3, -0.25) is 4.79 Å². The summed E-state index contributed by atoms with van der Waals surface area (Å²) in [7, 11) is 0. The van der Waals surface area contributed by atoms with Crippen LogP contribution in [0.3, 0.4) is 0 Å². The lowest BCUT2D eigenvalue weighted by Crippen LogP contribution is -2.24. The molecule has 0 bridgehead atoms. The van der Waals surface area contributed by atoms with Crippen molar-refractivity contribution in [1.29, 1.82) is 0 Å². The molecule has 0 aliphatic rings. The Balaban J connectivity index is 1.76. The first-order chi connectivity index (χ1) is 12.2. The third-order valence-corrected chi connectivity index (χ3v) is 3.77. The van der Waals surface area contributed by atoms with E-state index in [1.54, 1.807) is 0 Å². The molecule has 3 rings (SSSR count). The number of carbonyl (C=O) groups excluding carboxylic acids is 1. The van der Waals surface area contributed by atoms with Crippen LogP contribution in [0.5, 0.6) is 5.75 Å². The number of hydrogen-bond donors (Lipinski definition) is 1. The molecule has 0 radical (unpaired) electrons. The molecule has 1 aromatic heterocycles. The third-order valence-electron chi connectivity index (χ3n) is 3.77. The molecule has 0 fully saturated rings. The fourth-order valence-corrected chi connectivity index (χ4v) is 2.60. The highest BCUT2D eigenvalue weighted by Crippen LogP contribution is 2.24. The summed E-state index contributed by atoms with van der Waals surface area (Å²) in [6.45, 7) is 4.85. The maximum absolute atomic E-state index is 12.6. The summed E-state index contributed by atoms with van der Waals surface area (Å²) in [4.78, 5) is 16.6. The molecule has 0 unspecified atom stereocenters. The van der Waals surface area contributed by atoms with Gasteiger partial charge in [0.2, 0.25) is 0 Å². The second kappa shape index (κ2) is 7.66. The largest absolute Gasteiger partial charge is 0.494 e. The van der Waals surface area contributed by atoms with Crippen molar-refractivity contribution in [1.82, 2.24) is 10.3 Å². The standard InChI is InChI=1S/C20H20N2O3/c1-3-24-17-10-5-4-8-16(17)12-21-20(23)18-19(25-13-22-18)15-9-6-7-14(2)11-15/h4-11,13H,3,12H2,1-2H3,(H,21,23). The maximum atomic E-state index is 12.6. The van der Waals surface area contributed by atoms with Gasteiger partial charge in [-0.25, -0.2) is 4.98 Å². The van der Waals surface area contributed by atoms with E-state index < -0.39 is 0 Å². The summed E-state index contributed by atoms with van der Waals surface area (Å²) in [5.74, 6) is 0.959. The van der Waals surface area contributed by atoms with E-state index in [2.05, 4.69) is 10.3 Å². The van der Waals surface area contributed by atoms with Gasteiger partial charge in [-0.15, -0.1) is 0 Å². The molecule has 0 aliphatic carbocycles. The van der Waals surface area contributed by atoms with Gasteiger partial charge in [0.25, 0.3) is 5.91 Å². The molecule has 0 aliphatic heterocycles. The maximum Gasteiger partial charge on any atom is 0.274 e. The van der Waals surface area contributed by atoms with Gasteiger partial charge >= 0.3 is 0 Å². The highest BCUT2D eigenvalue weighted by atomic mass is 16.5. The number of rotatable bonds is 6. The molecule has 3 aromatic rings. The summed E-state index contributed by atoms with van der Waals surface area (Å²) in [6, 6.07) is 15.4. The lowest BCUT2D eigenvalue weighted by Gasteiger charge is -2.10. The van der Waals surface area contributed by atoms with Gasteiger partial charge in [0.05, 0.1) is 6.61 Å². The number of amides is 1. The zero-order valence-corrected chi connectivity index (χ0v) is 14.3. The van der Waals surface area contributed by atoms with Crippen molar-refractivity contribution < 1.29 is 13.9 Å². The van der Waals surface area contributed by atoms with Gasteiger partial charge in [-0.05, 0) is 26.0 Å². The second-order valence-corrected chi connectivity index (χ2v) is 5.62. The molecule has 1 N–H and O–H groups in total. The number of aryl methyl sites for hydroxylation is 1. The van der Waals surface area contributed by atoms with Crippen LogP contribution in [0.25, 0.3) is 11.3 Å². The lowest BCUT2D eigenvalue weighted by atomic mass is 10.1. The number of nitrogens with one attached hydrogen (secondary N) is 1. The van der Waals surface area contributed by atoms with E-state index in [4.69, 9.17) is 9.15 Å². The number of oxazole rings is 1. The summed E-state index contributed by atoms with van der Waals surface area (Å²) < 4.78 is 11.0. The zero-order valence-electron chi connectivity index (χ0n) is 14.3. The van der Waals surface area contributed by atoms with Crippen molar-refractivity contribution in [3.63, 3.8) is 0 Å². The van der Waals surface area contributed by atoms with E-state index in [9.17, 15) is 4.79 Å². The Labute approximate surface area is 146 Å². The van der Waals surface area contributed by atoms with Crippen LogP contribution in [0.15, 0.2) is 59.3 Å². The van der Waals surface area contributed by atoms with Crippen molar-refractivity contribution in [2.45, 2.75) is 20.4 Å². The average Bonchev–Trinajstić information content (AvgIpc) is 3.11. The minimum absolute atomic E-state index is 0.277. The van der Waals surface area contributed by atoms with E-state index in [-0.39, 0.29) is 11.6 Å². The minimum Gasteiger partial charge on any atom is -0.494 e. The normalized spacial score (nSPS) is 10.5. The average molecular weight is 336 g/mol. The number of hydrogen-bond acceptors (Lipinski definition) is 4. The molecule has 5 heteroatoms. The first-order valence-electron chi connectivity index (χ1n) is 8.18. The van der Waals surface area contributed by atoms with Crippen LogP contribution >= 0.6 is 0 Å². The number of carbonyl (C=O) groups is 1. The minimum atomic E-state index is -0.281. The van der Waals surface area contributed by atoms with E-state index >= 15 is 0 Å². The van der Waals surface area contributed by atoms with Crippen LogP contribution in [-0.4, -0.2) is 17.5 Å². The van der Waals surface area contributed by atoms with E-state index in [0.717, 1.165) is 22.4 Å². The monoisotopic (exact) mass is 336 g/mol. The number of aromatic nitrogens is 1. The second-order valence-electron chi connectivity index (χ2n) is 5.62. The van der Waals surface area contributed by atoms with E-state index in [1.807, 2.05) is 62.4 Å². The number of ether oxygens (including phenoxy) is 1. The Kier molecular flexibility index (Phi) is 5.14. The molecule has 128 valence electrons. The van der Waals surface area contributed by atoms with Crippen LogP contribution in [0.4, 0.5) is 0 Å². The summed E-state index contributed by atoms with van der Waals surface area (Å²) in [5, 5.41) is 2.88. The molecule has 1 heterocycles. The van der Waals surface area contributed by atoms with Crippen LogP contribution in [0, 0.1) is 6.92 Å². The van der Waals surface area contributed by atoms with Crippen molar-refractivity contribution in [2.75, 3.05) is 6.61 Å². The number of nitrogens with zero attached hydrogens (tertiary/aromatic N) is 1. The van der Waals surface area contributed by atoms with Crippen molar-refractivity contribution >= 4 is 5.91 Å². The van der Waals surface area contributed by atoms with Crippen molar-refractivity contribution in [2.24, 2.45) is 0 Å². The molecular formula is C20H20N2O3. The zero-order chi connectivity index (χ0) is 17.6. The first kappa shape index (κ1) is 16.8. The summed E-state index contributed by atoms with van der Waals surface area (Å²) in [6.07, 6.45) is 1.29. The Bertz CT molecular complexity index is 871. The fraction of sp³-hybridized carbons (Fsp3) is 0.200. The molecule has 0 saturated heterocycles. The topological polar surface area (TPSA) is 64.4 Å². The van der Waals surface area contributed by atoms with Crippen LogP contribution in [-0.2, 0) is 6.54 Å². The number of para-hydroxylation sites is 1. The predicted octanol–water partition coefficient (Wildman–Crippen LogP) is 3.98. The predicted molar refractivity (Wildman–Crippen MR) is 95.5 cm³/mol. The Hall–Kier alpha value is -3.08. The van der Waals surface area contributed by atoms with Gasteiger partial charge in [0.1, 0.15) is 5.75 Å². The molecule has 0 spiro atoms. The van der Waals surface area contributed by atoms with Crippen molar-refractivity contribution in [3.8, 4) is 17.1 Å². The van der Waals surface area contributed by atoms with Gasteiger partial charge in [-0.1, -0.05) is 42.0 Å². The smallest absolute Gasteiger partial charge is 0.274 e. The van der Waals surface area contributed by atoms with Gasteiger partial charge in [0.15, 0.2) is 17.8 Å². The Morgan fingerprint density at radius 3 is 2.84 bits per heavy atom. The summed E-state index contributed by atoms with van der Waals surface area (Å²) in [5.41, 5.74) is 3.11. The SMILES string of the molecule is CCOc1ccccc1CNC(=O)c1ncoc1-c1cccc(C)c1.